The summed E-state index contributed by atoms with van der Waals surface area (Å²) in [5.41, 5.74) is 0.349. The van der Waals surface area contributed by atoms with Crippen LogP contribution in [-0.2, 0) is 37.4 Å². The van der Waals surface area contributed by atoms with Crippen molar-refractivity contribution in [3.8, 4) is 0 Å². The number of oxime groups is 1. The number of carbonyl (C=O) groups excluding carboxylic acids is 2. The van der Waals surface area contributed by atoms with Crippen LogP contribution in [0, 0.1) is 0 Å². The molecular weight excluding hydrogens is 554 g/mol. The van der Waals surface area contributed by atoms with E-state index in [1.54, 1.807) is 41.7 Å². The van der Waals surface area contributed by atoms with Crippen molar-refractivity contribution in [2.45, 2.75) is 49.1 Å². The van der Waals surface area contributed by atoms with E-state index in [0.717, 1.165) is 24.4 Å². The van der Waals surface area contributed by atoms with Gasteiger partial charge in [-0.3, -0.25) is 19.8 Å². The van der Waals surface area contributed by atoms with Crippen molar-refractivity contribution in [2.75, 3.05) is 25.0 Å². The molecule has 5 rings (SSSR count). The molecule has 0 radical (unpaired) electrons. The van der Waals surface area contributed by atoms with E-state index in [4.69, 9.17) is 4.84 Å². The van der Waals surface area contributed by atoms with E-state index < -0.39 is 15.7 Å². The van der Waals surface area contributed by atoms with Gasteiger partial charge in [-0.25, -0.2) is 23.4 Å². The highest BCUT2D eigenvalue weighted by atomic mass is 32.2. The van der Waals surface area contributed by atoms with E-state index in [-0.39, 0.29) is 28.5 Å². The lowest BCUT2D eigenvalue weighted by Crippen LogP contribution is -2.50. The maximum atomic E-state index is 13.3. The zero-order valence-electron chi connectivity index (χ0n) is 21.8. The van der Waals surface area contributed by atoms with Gasteiger partial charge in [-0.2, -0.15) is 0 Å². The second-order valence-electron chi connectivity index (χ2n) is 9.66. The van der Waals surface area contributed by atoms with E-state index in [1.807, 2.05) is 6.92 Å². The van der Waals surface area contributed by atoms with Gasteiger partial charge >= 0.3 is 0 Å². The molecule has 0 spiro atoms. The second kappa shape index (κ2) is 12.2. The number of anilines is 1. The number of nitrogens with zero attached hydrogens (tertiary/aromatic N) is 6. The summed E-state index contributed by atoms with van der Waals surface area (Å²) in [4.78, 5) is 47.6. The van der Waals surface area contributed by atoms with Gasteiger partial charge in [0, 0.05) is 61.3 Å². The minimum atomic E-state index is -3.37. The summed E-state index contributed by atoms with van der Waals surface area (Å²) in [6.45, 7) is 4.80. The average molecular weight is 584 g/mol. The normalized spacial score (nSPS) is 18.4. The van der Waals surface area contributed by atoms with Crippen molar-refractivity contribution >= 4 is 44.3 Å². The van der Waals surface area contributed by atoms with Gasteiger partial charge in [-0.15, -0.1) is 11.3 Å². The third kappa shape index (κ3) is 6.69. The molecule has 1 atom stereocenters. The van der Waals surface area contributed by atoms with Crippen LogP contribution in [0.1, 0.15) is 36.0 Å². The first-order chi connectivity index (χ1) is 19.3. The summed E-state index contributed by atoms with van der Waals surface area (Å²) in [7, 11) is -3.37. The number of rotatable bonds is 11. The van der Waals surface area contributed by atoms with Crippen LogP contribution in [0.3, 0.4) is 0 Å². The molecule has 0 bridgehead atoms. The van der Waals surface area contributed by atoms with Crippen LogP contribution in [0.25, 0.3) is 0 Å². The quantitative estimate of drug-likeness (QED) is 0.204. The molecule has 0 unspecified atom stereocenters. The van der Waals surface area contributed by atoms with Crippen LogP contribution < -0.4 is 5.32 Å². The largest absolute Gasteiger partial charge is 0.387 e. The summed E-state index contributed by atoms with van der Waals surface area (Å²) in [5, 5.41) is 6.90. The lowest BCUT2D eigenvalue weighted by atomic mass is 10.1. The number of hydrogen-bond acceptors (Lipinski definition) is 11. The molecule has 1 saturated carbocycles. The van der Waals surface area contributed by atoms with Crippen LogP contribution in [0.2, 0.25) is 0 Å². The van der Waals surface area contributed by atoms with Gasteiger partial charge in [-0.1, -0.05) is 17.3 Å². The number of carbonyl (C=O) groups is 2. The average Bonchev–Trinajstić information content (AvgIpc) is 3.74. The van der Waals surface area contributed by atoms with Gasteiger partial charge in [-0.05, 0) is 38.0 Å². The number of sulfone groups is 1. The van der Waals surface area contributed by atoms with Gasteiger partial charge in [0.2, 0.25) is 6.41 Å². The molecule has 3 heterocycles. The first kappa shape index (κ1) is 27.8. The minimum Gasteiger partial charge on any atom is -0.387 e. The van der Waals surface area contributed by atoms with E-state index >= 15 is 0 Å². The molecule has 1 aromatic carbocycles. The third-order valence-corrected chi connectivity index (χ3v) is 9.83. The van der Waals surface area contributed by atoms with E-state index in [2.05, 4.69) is 30.3 Å². The Labute approximate surface area is 236 Å². The van der Waals surface area contributed by atoms with Crippen LogP contribution >= 0.6 is 11.3 Å². The molecule has 40 heavy (non-hydrogen) atoms. The van der Waals surface area contributed by atoms with Gasteiger partial charge in [0.05, 0.1) is 10.1 Å². The Kier molecular flexibility index (Phi) is 8.47. The fourth-order valence-corrected chi connectivity index (χ4v) is 6.83. The lowest BCUT2D eigenvalue weighted by Gasteiger charge is -2.37. The Morgan fingerprint density at radius 2 is 1.93 bits per heavy atom. The fourth-order valence-electron chi connectivity index (χ4n) is 4.32. The number of hydrogen-bond donors (Lipinski definition) is 1. The molecule has 2 aliphatic rings. The highest BCUT2D eigenvalue weighted by molar-refractivity contribution is 7.92. The fraction of sp³-hybridized carbons (Fsp3) is 0.385. The molecule has 1 aliphatic heterocycles. The van der Waals surface area contributed by atoms with Crippen LogP contribution in [-0.4, -0.2) is 82.1 Å². The molecule has 2 amide bonds. The molecule has 3 aromatic rings. The lowest BCUT2D eigenvalue weighted by molar-refractivity contribution is -0.122. The molecule has 210 valence electrons. The zero-order chi connectivity index (χ0) is 28.1. The Bertz CT molecular complexity index is 1470. The smallest absolute Gasteiger partial charge is 0.280 e. The minimum absolute atomic E-state index is 0.0399. The van der Waals surface area contributed by atoms with E-state index in [0.29, 0.717) is 42.5 Å². The van der Waals surface area contributed by atoms with Crippen molar-refractivity contribution in [1.29, 1.82) is 0 Å². The zero-order valence-corrected chi connectivity index (χ0v) is 23.5. The Balaban J connectivity index is 1.29. The van der Waals surface area contributed by atoms with Crippen molar-refractivity contribution in [1.82, 2.24) is 24.8 Å². The molecule has 1 aliphatic carbocycles. The summed E-state index contributed by atoms with van der Waals surface area (Å²) in [5.74, 6) is -0.161. The van der Waals surface area contributed by atoms with Gasteiger partial charge in [0.15, 0.2) is 33.1 Å². The Morgan fingerprint density at radius 1 is 1.18 bits per heavy atom. The molecular formula is C26H29N7O5S2. The third-order valence-electron chi connectivity index (χ3n) is 6.66. The summed E-state index contributed by atoms with van der Waals surface area (Å²) < 4.78 is 25.2. The van der Waals surface area contributed by atoms with Crippen molar-refractivity contribution < 1.29 is 22.8 Å². The summed E-state index contributed by atoms with van der Waals surface area (Å²) >= 11 is 1.35. The molecule has 1 saturated heterocycles. The van der Waals surface area contributed by atoms with Crippen molar-refractivity contribution in [2.24, 2.45) is 5.16 Å². The standard InChI is InChI=1S/C26H29N7O5S2/c1-18-14-32(11-12-33(18)17-34)15-20-13-29-26(39-20)30-25(35)24(31-38-16-23-27-9-2-10-28-23)19-3-5-21(6-4-19)40(36,37)22-7-8-22/h2-6,9-10,13,17-18,22H,7-8,11-12,14-16H2,1H3,(H,29,30,35)/b31-24+/t18-/m0/s1. The predicted octanol–water partition coefficient (Wildman–Crippen LogP) is 2.09. The first-order valence-electron chi connectivity index (χ1n) is 12.8. The van der Waals surface area contributed by atoms with Gasteiger partial charge in [0.1, 0.15) is 0 Å². The number of piperazine rings is 1. The number of aromatic nitrogens is 3. The summed E-state index contributed by atoms with van der Waals surface area (Å²) in [6, 6.07) is 7.87. The molecule has 1 N–H and O–H groups in total. The van der Waals surface area contributed by atoms with Gasteiger partial charge in [0.25, 0.3) is 5.91 Å². The van der Waals surface area contributed by atoms with E-state index in [1.165, 1.54) is 23.5 Å². The second-order valence-corrected chi connectivity index (χ2v) is 13.0. The molecule has 14 heteroatoms. The topological polar surface area (TPSA) is 147 Å². The Morgan fingerprint density at radius 3 is 2.60 bits per heavy atom. The van der Waals surface area contributed by atoms with Crippen molar-refractivity contribution in [3.05, 3.63) is 65.2 Å². The van der Waals surface area contributed by atoms with E-state index in [9.17, 15) is 18.0 Å². The van der Waals surface area contributed by atoms with Crippen LogP contribution in [0.4, 0.5) is 5.13 Å². The van der Waals surface area contributed by atoms with Crippen molar-refractivity contribution in [3.63, 3.8) is 0 Å². The SMILES string of the molecule is C[C@H]1CN(Cc2cnc(NC(=O)/C(=N/OCc3ncccn3)c3ccc(S(=O)(=O)C4CC4)cc3)s2)CCN1C=O. The number of amides is 2. The predicted molar refractivity (Wildman–Crippen MR) is 148 cm³/mol. The number of benzene rings is 1. The van der Waals surface area contributed by atoms with Crippen LogP contribution in [0.15, 0.2) is 59.0 Å². The highest BCUT2D eigenvalue weighted by Crippen LogP contribution is 2.33. The first-order valence-corrected chi connectivity index (χ1v) is 15.2. The number of thiazole rings is 1. The highest BCUT2D eigenvalue weighted by Gasteiger charge is 2.36. The number of nitrogens with one attached hydrogen (secondary N) is 1. The van der Waals surface area contributed by atoms with Gasteiger partial charge < -0.3 is 9.74 Å². The maximum Gasteiger partial charge on any atom is 0.280 e. The Hall–Kier alpha value is -3.75. The molecule has 2 aromatic heterocycles. The maximum absolute atomic E-state index is 13.3. The molecule has 2 fully saturated rings. The summed E-state index contributed by atoms with van der Waals surface area (Å²) in [6.07, 6.45) is 7.08. The monoisotopic (exact) mass is 583 g/mol. The van der Waals surface area contributed by atoms with Crippen LogP contribution in [0.5, 0.6) is 0 Å². The molecule has 12 nitrogen and oxygen atoms in total.